The minimum absolute atomic E-state index is 0.0167. The number of thiazole rings is 1. The normalized spacial score (nSPS) is 20.7. The second-order valence-electron chi connectivity index (χ2n) is 8.65. The first-order valence-electron chi connectivity index (χ1n) is 11.0. The second kappa shape index (κ2) is 8.62. The minimum Gasteiger partial charge on any atom is -0.507 e. The molecule has 1 aromatic heterocycles. The fraction of sp³-hybridized carbons (Fsp3) is 0.231. The number of carbonyl (C=O) groups excluding carboxylic acids is 3. The van der Waals surface area contributed by atoms with E-state index >= 15 is 0 Å². The third kappa shape index (κ3) is 3.92. The molecule has 0 bridgehead atoms. The highest BCUT2D eigenvalue weighted by atomic mass is 35.5. The molecule has 2 aromatic carbocycles. The number of fused-ring (bicyclic) bond motifs is 1. The fourth-order valence-electron chi connectivity index (χ4n) is 4.56. The molecule has 2 atom stereocenters. The van der Waals surface area contributed by atoms with Crippen molar-refractivity contribution in [2.75, 3.05) is 4.90 Å². The van der Waals surface area contributed by atoms with Gasteiger partial charge >= 0.3 is 5.91 Å². The molecule has 2 aliphatic rings. The van der Waals surface area contributed by atoms with Gasteiger partial charge in [-0.15, -0.1) is 0 Å². The molecule has 3 aromatic rings. The number of hydrogen-bond donors (Lipinski definition) is 1. The molecule has 0 spiro atoms. The first-order valence-corrected chi connectivity index (χ1v) is 12.2. The van der Waals surface area contributed by atoms with E-state index in [0.717, 1.165) is 22.6 Å². The van der Waals surface area contributed by atoms with Crippen molar-refractivity contribution in [1.82, 2.24) is 4.98 Å². The number of Topliss-reactive ketones (excluding diaryl/α,β-unsaturated/α-hetero) is 2. The number of aliphatic hydroxyl groups excluding tert-OH is 1. The van der Waals surface area contributed by atoms with E-state index in [-0.39, 0.29) is 28.4 Å². The van der Waals surface area contributed by atoms with Gasteiger partial charge in [-0.05, 0) is 55.3 Å². The topological polar surface area (TPSA) is 96.8 Å². The molecule has 0 radical (unpaired) electrons. The zero-order chi connectivity index (χ0) is 25.0. The lowest BCUT2D eigenvalue weighted by Crippen LogP contribution is -2.29. The number of rotatable bonds is 4. The van der Waals surface area contributed by atoms with Crippen LogP contribution in [0.25, 0.3) is 5.76 Å². The van der Waals surface area contributed by atoms with E-state index in [9.17, 15) is 19.5 Å². The number of ether oxygens (including phenoxy) is 1. The van der Waals surface area contributed by atoms with Crippen molar-refractivity contribution >= 4 is 51.3 Å². The maximum Gasteiger partial charge on any atom is 0.301 e. The van der Waals surface area contributed by atoms with Gasteiger partial charge in [0, 0.05) is 23.9 Å². The third-order valence-corrected chi connectivity index (χ3v) is 7.58. The number of aliphatic hydroxyl groups is 1. The Kier molecular flexibility index (Phi) is 5.73. The molecule has 1 fully saturated rings. The number of aryl methyl sites for hydroxylation is 1. The Labute approximate surface area is 210 Å². The standard InChI is InChI=1S/C26H21ClN2O5S/c1-12-9-17-10-16(7-8-19(17)34-12)22(31)20-21(15-5-4-6-18(27)11-15)29(25(33)23(20)32)26-28-13(2)24(35-26)14(3)30/h4-8,10-12,21,31H,9H2,1-3H3/b22-20+/t12-,21+/m0/s1. The Morgan fingerprint density at radius 3 is 2.69 bits per heavy atom. The van der Waals surface area contributed by atoms with Gasteiger partial charge in [0.25, 0.3) is 5.78 Å². The van der Waals surface area contributed by atoms with Crippen LogP contribution in [-0.2, 0) is 16.0 Å². The maximum atomic E-state index is 13.3. The number of aromatic nitrogens is 1. The van der Waals surface area contributed by atoms with Gasteiger partial charge in [0.2, 0.25) is 0 Å². The Morgan fingerprint density at radius 2 is 2.00 bits per heavy atom. The van der Waals surface area contributed by atoms with Gasteiger partial charge in [0.05, 0.1) is 22.2 Å². The molecule has 1 N–H and O–H groups in total. The van der Waals surface area contributed by atoms with Gasteiger partial charge < -0.3 is 9.84 Å². The third-order valence-electron chi connectivity index (χ3n) is 6.09. The number of carbonyl (C=O) groups is 3. The molecular formula is C26H21ClN2O5S. The van der Waals surface area contributed by atoms with E-state index in [2.05, 4.69) is 4.98 Å². The summed E-state index contributed by atoms with van der Waals surface area (Å²) in [6.07, 6.45) is 0.692. The Balaban J connectivity index is 1.70. The van der Waals surface area contributed by atoms with Crippen molar-refractivity contribution in [2.24, 2.45) is 0 Å². The summed E-state index contributed by atoms with van der Waals surface area (Å²) >= 11 is 7.28. The number of nitrogens with zero attached hydrogens (tertiary/aromatic N) is 2. The number of amides is 1. The fourth-order valence-corrected chi connectivity index (χ4v) is 5.75. The van der Waals surface area contributed by atoms with E-state index in [0.29, 0.717) is 33.1 Å². The van der Waals surface area contributed by atoms with Crippen molar-refractivity contribution in [3.63, 3.8) is 0 Å². The van der Waals surface area contributed by atoms with E-state index in [4.69, 9.17) is 16.3 Å². The molecule has 1 amide bonds. The van der Waals surface area contributed by atoms with Crippen LogP contribution in [0.5, 0.6) is 5.75 Å². The molecule has 0 saturated carbocycles. The lowest BCUT2D eigenvalue weighted by atomic mass is 9.94. The number of anilines is 1. The molecule has 0 aliphatic carbocycles. The molecule has 7 nitrogen and oxygen atoms in total. The van der Waals surface area contributed by atoms with Gasteiger partial charge in [0.15, 0.2) is 10.9 Å². The SMILES string of the molecule is CC(=O)c1sc(N2C(=O)C(=O)/C(=C(/O)c3ccc4c(c3)C[C@H](C)O4)[C@H]2c2cccc(Cl)c2)nc1C. The van der Waals surface area contributed by atoms with Crippen LogP contribution in [-0.4, -0.2) is 33.7 Å². The van der Waals surface area contributed by atoms with Crippen LogP contribution in [0, 0.1) is 6.92 Å². The van der Waals surface area contributed by atoms with Crippen LogP contribution in [0.2, 0.25) is 5.02 Å². The molecule has 2 aliphatic heterocycles. The molecule has 5 rings (SSSR count). The number of benzene rings is 2. The lowest BCUT2D eigenvalue weighted by molar-refractivity contribution is -0.132. The number of halogens is 1. The smallest absolute Gasteiger partial charge is 0.301 e. The van der Waals surface area contributed by atoms with Crippen molar-refractivity contribution in [3.8, 4) is 5.75 Å². The Hall–Kier alpha value is -3.49. The van der Waals surface area contributed by atoms with Crippen molar-refractivity contribution in [2.45, 2.75) is 39.3 Å². The summed E-state index contributed by atoms with van der Waals surface area (Å²) in [5, 5.41) is 12.0. The van der Waals surface area contributed by atoms with Gasteiger partial charge in [-0.25, -0.2) is 4.98 Å². The minimum atomic E-state index is -0.970. The molecule has 178 valence electrons. The Morgan fingerprint density at radius 1 is 1.23 bits per heavy atom. The zero-order valence-electron chi connectivity index (χ0n) is 19.2. The highest BCUT2D eigenvalue weighted by molar-refractivity contribution is 7.18. The van der Waals surface area contributed by atoms with E-state index in [1.54, 1.807) is 49.4 Å². The van der Waals surface area contributed by atoms with Crippen LogP contribution in [0.3, 0.4) is 0 Å². The Bertz CT molecular complexity index is 1440. The van der Waals surface area contributed by atoms with Crippen LogP contribution in [0.4, 0.5) is 5.13 Å². The highest BCUT2D eigenvalue weighted by Crippen LogP contribution is 2.44. The van der Waals surface area contributed by atoms with Crippen molar-refractivity contribution in [3.05, 3.63) is 80.3 Å². The first kappa shape index (κ1) is 23.3. The molecule has 3 heterocycles. The monoisotopic (exact) mass is 508 g/mol. The zero-order valence-corrected chi connectivity index (χ0v) is 20.7. The number of ketones is 2. The van der Waals surface area contributed by atoms with Gasteiger partial charge in [-0.1, -0.05) is 35.1 Å². The molecule has 35 heavy (non-hydrogen) atoms. The molecule has 9 heteroatoms. The van der Waals surface area contributed by atoms with Crippen LogP contribution in [0.15, 0.2) is 48.0 Å². The van der Waals surface area contributed by atoms with E-state index in [1.165, 1.54) is 11.8 Å². The average molecular weight is 509 g/mol. The van der Waals surface area contributed by atoms with Crippen LogP contribution in [0.1, 0.15) is 51.9 Å². The number of hydrogen-bond acceptors (Lipinski definition) is 7. The van der Waals surface area contributed by atoms with Gasteiger partial charge in [-0.2, -0.15) is 0 Å². The van der Waals surface area contributed by atoms with Crippen LogP contribution < -0.4 is 9.64 Å². The van der Waals surface area contributed by atoms with Crippen molar-refractivity contribution in [1.29, 1.82) is 0 Å². The average Bonchev–Trinajstić information content (AvgIpc) is 3.45. The summed E-state index contributed by atoms with van der Waals surface area (Å²) in [4.78, 5) is 44.7. The summed E-state index contributed by atoms with van der Waals surface area (Å²) in [6, 6.07) is 11.0. The quantitative estimate of drug-likeness (QED) is 0.223. The largest absolute Gasteiger partial charge is 0.507 e. The summed E-state index contributed by atoms with van der Waals surface area (Å²) in [6.45, 7) is 5.05. The first-order chi connectivity index (χ1) is 16.7. The second-order valence-corrected chi connectivity index (χ2v) is 10.1. The predicted molar refractivity (Wildman–Crippen MR) is 133 cm³/mol. The van der Waals surface area contributed by atoms with E-state index < -0.39 is 17.7 Å². The molecule has 1 saturated heterocycles. The van der Waals surface area contributed by atoms with Gasteiger partial charge in [0.1, 0.15) is 17.6 Å². The maximum absolute atomic E-state index is 13.3. The summed E-state index contributed by atoms with van der Waals surface area (Å²) in [7, 11) is 0. The highest BCUT2D eigenvalue weighted by Gasteiger charge is 2.48. The summed E-state index contributed by atoms with van der Waals surface area (Å²) in [5.74, 6) is -1.42. The van der Waals surface area contributed by atoms with Crippen molar-refractivity contribution < 1.29 is 24.2 Å². The lowest BCUT2D eigenvalue weighted by Gasteiger charge is -2.23. The van der Waals surface area contributed by atoms with Crippen LogP contribution >= 0.6 is 22.9 Å². The molecule has 0 unspecified atom stereocenters. The molecular weight excluding hydrogens is 488 g/mol. The van der Waals surface area contributed by atoms with E-state index in [1.807, 2.05) is 6.92 Å². The van der Waals surface area contributed by atoms with Gasteiger partial charge in [-0.3, -0.25) is 19.3 Å². The summed E-state index contributed by atoms with van der Waals surface area (Å²) < 4.78 is 5.74. The predicted octanol–water partition coefficient (Wildman–Crippen LogP) is 5.26. The summed E-state index contributed by atoms with van der Waals surface area (Å²) in [5.41, 5.74) is 2.26.